The number of benzene rings is 3. The number of ether oxygens (including phenoxy) is 1. The Morgan fingerprint density at radius 1 is 0.919 bits per heavy atom. The highest BCUT2D eigenvalue weighted by Gasteiger charge is 2.28. The van der Waals surface area contributed by atoms with Crippen molar-refractivity contribution in [3.63, 3.8) is 0 Å². The molecule has 8 heteroatoms. The van der Waals surface area contributed by atoms with Crippen molar-refractivity contribution in [2.45, 2.75) is 57.9 Å². The van der Waals surface area contributed by atoms with Gasteiger partial charge in [-0.15, -0.1) is 0 Å². The van der Waals surface area contributed by atoms with E-state index in [-0.39, 0.29) is 11.3 Å². The summed E-state index contributed by atoms with van der Waals surface area (Å²) in [7, 11) is -4.00. The summed E-state index contributed by atoms with van der Waals surface area (Å²) in [5.41, 5.74) is 3.82. The lowest BCUT2D eigenvalue weighted by Crippen LogP contribution is -2.45. The van der Waals surface area contributed by atoms with Gasteiger partial charge in [0.2, 0.25) is 15.9 Å². The summed E-state index contributed by atoms with van der Waals surface area (Å²) in [6.07, 6.45) is 1.88. The molecule has 0 heterocycles. The molecule has 0 aliphatic rings. The third-order valence-corrected chi connectivity index (χ3v) is 7.67. The summed E-state index contributed by atoms with van der Waals surface area (Å²) >= 11 is 0. The number of amides is 1. The Bertz CT molecular complexity index is 1310. The molecule has 1 atom stereocenters. The van der Waals surface area contributed by atoms with Crippen molar-refractivity contribution in [1.82, 2.24) is 4.72 Å². The number of aryl methyl sites for hydroxylation is 3. The SMILES string of the molecule is CCCCOC(=O)c1ccc(NC(=O)C(Cc2ccccc2)NS(=O)(=O)c2c(C)cc(C)cc2C)cc1. The lowest BCUT2D eigenvalue weighted by Gasteiger charge is -2.21. The number of sulfonamides is 1. The molecule has 0 spiro atoms. The van der Waals surface area contributed by atoms with Crippen LogP contribution in [0, 0.1) is 20.8 Å². The predicted octanol–water partition coefficient (Wildman–Crippen LogP) is 5.10. The molecule has 1 unspecified atom stereocenters. The van der Waals surface area contributed by atoms with Crippen LogP contribution in [0.15, 0.2) is 71.6 Å². The molecule has 0 saturated heterocycles. The Hall–Kier alpha value is -3.49. The van der Waals surface area contributed by atoms with Crippen molar-refractivity contribution in [1.29, 1.82) is 0 Å². The molecule has 7 nitrogen and oxygen atoms in total. The topological polar surface area (TPSA) is 102 Å². The average molecular weight is 523 g/mol. The number of rotatable bonds is 11. The molecule has 1 amide bonds. The van der Waals surface area contributed by atoms with E-state index in [2.05, 4.69) is 10.0 Å². The zero-order valence-electron chi connectivity index (χ0n) is 21.7. The van der Waals surface area contributed by atoms with Gasteiger partial charge in [0, 0.05) is 5.69 Å². The number of carbonyl (C=O) groups excluding carboxylic acids is 2. The Labute approximate surface area is 219 Å². The number of hydrogen-bond donors (Lipinski definition) is 2. The molecule has 0 aromatic heterocycles. The smallest absolute Gasteiger partial charge is 0.338 e. The Kier molecular flexibility index (Phi) is 9.60. The number of esters is 1. The summed E-state index contributed by atoms with van der Waals surface area (Å²) in [5, 5.41) is 2.78. The zero-order valence-corrected chi connectivity index (χ0v) is 22.5. The van der Waals surface area contributed by atoms with Gasteiger partial charge in [0.1, 0.15) is 6.04 Å². The average Bonchev–Trinajstić information content (AvgIpc) is 2.84. The van der Waals surface area contributed by atoms with Gasteiger partial charge in [-0.25, -0.2) is 13.2 Å². The molecule has 196 valence electrons. The molecule has 0 radical (unpaired) electrons. The first-order valence-corrected chi connectivity index (χ1v) is 13.8. The maximum absolute atomic E-state index is 13.4. The van der Waals surface area contributed by atoms with Gasteiger partial charge in [0.15, 0.2) is 0 Å². The first kappa shape index (κ1) is 28.1. The Balaban J connectivity index is 1.81. The molecule has 0 saturated carbocycles. The highest BCUT2D eigenvalue weighted by molar-refractivity contribution is 7.89. The number of anilines is 1. The predicted molar refractivity (Wildman–Crippen MR) is 145 cm³/mol. The number of hydrogen-bond acceptors (Lipinski definition) is 5. The van der Waals surface area contributed by atoms with Gasteiger partial charge in [-0.1, -0.05) is 61.4 Å². The number of nitrogens with one attached hydrogen (secondary N) is 2. The molecule has 0 bridgehead atoms. The van der Waals surface area contributed by atoms with Crippen LogP contribution in [0.3, 0.4) is 0 Å². The van der Waals surface area contributed by atoms with Crippen molar-refractivity contribution in [3.05, 3.63) is 94.5 Å². The van der Waals surface area contributed by atoms with Gasteiger partial charge in [-0.05, 0) is 74.6 Å². The van der Waals surface area contributed by atoms with E-state index in [9.17, 15) is 18.0 Å². The normalized spacial score (nSPS) is 12.1. The second-order valence-electron chi connectivity index (χ2n) is 9.15. The summed E-state index contributed by atoms with van der Waals surface area (Å²) in [6.45, 7) is 7.77. The Morgan fingerprint density at radius 3 is 2.14 bits per heavy atom. The molecular weight excluding hydrogens is 488 g/mol. The third kappa shape index (κ3) is 7.74. The van der Waals surface area contributed by atoms with Gasteiger partial charge in [0.25, 0.3) is 0 Å². The van der Waals surface area contributed by atoms with E-state index in [1.54, 1.807) is 38.1 Å². The minimum atomic E-state index is -4.00. The van der Waals surface area contributed by atoms with Crippen LogP contribution in [0.1, 0.15) is 52.4 Å². The van der Waals surface area contributed by atoms with Gasteiger partial charge in [-0.2, -0.15) is 4.72 Å². The summed E-state index contributed by atoms with van der Waals surface area (Å²) in [4.78, 5) is 25.6. The highest BCUT2D eigenvalue weighted by Crippen LogP contribution is 2.22. The number of unbranched alkanes of at least 4 members (excludes halogenated alkanes) is 1. The monoisotopic (exact) mass is 522 g/mol. The van der Waals surface area contributed by atoms with E-state index in [0.717, 1.165) is 24.0 Å². The fourth-order valence-corrected chi connectivity index (χ4v) is 5.83. The minimum Gasteiger partial charge on any atom is -0.462 e. The van der Waals surface area contributed by atoms with Crippen molar-refractivity contribution < 1.29 is 22.7 Å². The molecular formula is C29H34N2O5S. The fourth-order valence-electron chi connectivity index (χ4n) is 4.19. The van der Waals surface area contributed by atoms with Crippen molar-refractivity contribution in [3.8, 4) is 0 Å². The van der Waals surface area contributed by atoms with Crippen LogP contribution in [0.25, 0.3) is 0 Å². The largest absolute Gasteiger partial charge is 0.462 e. The van der Waals surface area contributed by atoms with Crippen molar-refractivity contribution >= 4 is 27.6 Å². The van der Waals surface area contributed by atoms with E-state index in [0.29, 0.717) is 29.0 Å². The van der Waals surface area contributed by atoms with Crippen LogP contribution in [-0.4, -0.2) is 32.9 Å². The first-order valence-electron chi connectivity index (χ1n) is 12.3. The second kappa shape index (κ2) is 12.7. The third-order valence-electron chi connectivity index (χ3n) is 5.89. The van der Waals surface area contributed by atoms with Gasteiger partial charge in [0.05, 0.1) is 17.1 Å². The quantitative estimate of drug-likeness (QED) is 0.270. The second-order valence-corrected chi connectivity index (χ2v) is 10.8. The maximum atomic E-state index is 13.4. The standard InChI is InChI=1S/C29H34N2O5S/c1-5-6-16-36-29(33)24-12-14-25(15-13-24)30-28(32)26(19-23-10-8-7-9-11-23)31-37(34,35)27-21(3)17-20(2)18-22(27)4/h7-15,17-18,26,31H,5-6,16,19H2,1-4H3,(H,30,32). The van der Waals surface area contributed by atoms with E-state index < -0.39 is 27.9 Å². The fraction of sp³-hybridized carbons (Fsp3) is 0.310. The van der Waals surface area contributed by atoms with Crippen LogP contribution < -0.4 is 10.0 Å². The van der Waals surface area contributed by atoms with Crippen LogP contribution >= 0.6 is 0 Å². The molecule has 0 aliphatic carbocycles. The molecule has 37 heavy (non-hydrogen) atoms. The van der Waals surface area contributed by atoms with Gasteiger partial charge >= 0.3 is 5.97 Å². The minimum absolute atomic E-state index is 0.164. The lowest BCUT2D eigenvalue weighted by molar-refractivity contribution is -0.117. The van der Waals surface area contributed by atoms with E-state index >= 15 is 0 Å². The van der Waals surface area contributed by atoms with Gasteiger partial charge in [-0.3, -0.25) is 4.79 Å². The van der Waals surface area contributed by atoms with E-state index in [4.69, 9.17) is 4.74 Å². The lowest BCUT2D eigenvalue weighted by atomic mass is 10.1. The molecule has 0 fully saturated rings. The van der Waals surface area contributed by atoms with E-state index in [1.165, 1.54) is 0 Å². The van der Waals surface area contributed by atoms with Crippen molar-refractivity contribution in [2.24, 2.45) is 0 Å². The maximum Gasteiger partial charge on any atom is 0.338 e. The highest BCUT2D eigenvalue weighted by atomic mass is 32.2. The summed E-state index contributed by atoms with van der Waals surface area (Å²) in [5.74, 6) is -0.932. The molecule has 3 rings (SSSR count). The van der Waals surface area contributed by atoms with Gasteiger partial charge < -0.3 is 10.1 Å². The summed E-state index contributed by atoms with van der Waals surface area (Å²) < 4.78 is 34.7. The van der Waals surface area contributed by atoms with Crippen LogP contribution in [0.4, 0.5) is 5.69 Å². The molecule has 3 aromatic carbocycles. The van der Waals surface area contributed by atoms with Crippen LogP contribution in [-0.2, 0) is 26.0 Å². The van der Waals surface area contributed by atoms with Crippen molar-refractivity contribution in [2.75, 3.05) is 11.9 Å². The first-order chi connectivity index (χ1) is 17.6. The zero-order chi connectivity index (χ0) is 27.0. The molecule has 3 aromatic rings. The molecule has 2 N–H and O–H groups in total. The van der Waals surface area contributed by atoms with Crippen LogP contribution in [0.5, 0.6) is 0 Å². The molecule has 0 aliphatic heterocycles. The summed E-state index contributed by atoms with van der Waals surface area (Å²) in [6, 6.07) is 18.1. The number of carbonyl (C=O) groups is 2. The Morgan fingerprint density at radius 2 is 1.54 bits per heavy atom. The van der Waals surface area contributed by atoms with E-state index in [1.807, 2.05) is 56.3 Å². The van der Waals surface area contributed by atoms with Crippen LogP contribution in [0.2, 0.25) is 0 Å².